The van der Waals surface area contributed by atoms with Crippen molar-refractivity contribution < 1.29 is 301 Å². The minimum atomic E-state index is -2.01. The van der Waals surface area contributed by atoms with E-state index in [4.69, 9.17) is 75.8 Å². The predicted octanol–water partition coefficient (Wildman–Crippen LogP) is -26.7. The summed E-state index contributed by atoms with van der Waals surface area (Å²) < 4.78 is 83.6. The summed E-state index contributed by atoms with van der Waals surface area (Å²) in [6, 6.07) is -1.29. The zero-order chi connectivity index (χ0) is 76.3. The summed E-state index contributed by atoms with van der Waals surface area (Å²) >= 11 is 0. The van der Waals surface area contributed by atoms with E-state index >= 15 is 0 Å². The number of carboxylic acid groups (broad SMARTS) is 3. The summed E-state index contributed by atoms with van der Waals surface area (Å²) in [5.74, 6) is -7.95. The minimum Gasteiger partial charge on any atom is -0.547 e. The molecule has 8 saturated heterocycles. The zero-order valence-electron chi connectivity index (χ0n) is 58.8. The second kappa shape index (κ2) is 45.4. The van der Waals surface area contributed by atoms with Crippen molar-refractivity contribution in [3.8, 4) is 0 Å². The Balaban J connectivity index is 0.000000468. The number of nitrogens with one attached hydrogen (secondary N) is 1. The predicted molar refractivity (Wildman–Crippen MR) is 307 cm³/mol. The van der Waals surface area contributed by atoms with Crippen molar-refractivity contribution in [2.45, 2.75) is 262 Å². The molecule has 0 bridgehead atoms. The van der Waals surface area contributed by atoms with E-state index < -0.39 is 289 Å². The number of hydrogen-bond donors (Lipinski definition) is 21. The molecule has 40 atom stereocenters. The van der Waals surface area contributed by atoms with Gasteiger partial charge in [-0.1, -0.05) is 20.8 Å². The molecule has 47 heteroatoms. The standard InChI is InChI=1S/C15H25NO12.2C14H24O11.C14H26O9.3Na/c1-4(18)16-6-7(19)10(25-2)5(3-17)26-15(6)28-11-8(20)9(21)14(24)27-12(11)13(22)23;2*1-4-6(16)9(22-2)5(3-15)23-14(4)25-10-7(17)8(18)13(21)24-11(10)12(19)20;1-5-8(16)12(20-3)7(4-15)22-14(5)23-11-6(2)21-13(19)10(18)9(11)17;;;/h5-12,14-15,17,19-21,24H,3H2,1-2H3,(H,16,18)(H,22,23);2*4-11,13-18,21H,3H2,1-2H3,(H,19,20);5-19H,4H2,1-3H3;;;/q;;;;3*+1/p-3. The Kier molecular flexibility index (Phi) is 43.4. The van der Waals surface area contributed by atoms with Crippen LogP contribution in [0.5, 0.6) is 0 Å². The van der Waals surface area contributed by atoms with Crippen molar-refractivity contribution in [3.05, 3.63) is 0 Å². The van der Waals surface area contributed by atoms with Gasteiger partial charge < -0.3 is 213 Å². The fourth-order valence-corrected chi connectivity index (χ4v) is 12.2. The third-order valence-corrected chi connectivity index (χ3v) is 18.1. The van der Waals surface area contributed by atoms with Gasteiger partial charge in [-0.25, -0.2) is 0 Å². The van der Waals surface area contributed by atoms with Crippen LogP contribution in [0.3, 0.4) is 0 Å². The number of hydrogen-bond acceptors (Lipinski definition) is 43. The molecule has 0 spiro atoms. The summed E-state index contributed by atoms with van der Waals surface area (Å²) in [5.41, 5.74) is 0. The molecular weight excluding hydrogens is 1460 g/mol. The van der Waals surface area contributed by atoms with Crippen LogP contribution in [0.1, 0.15) is 34.6 Å². The third kappa shape index (κ3) is 23.8. The number of methoxy groups -OCH3 is 4. The van der Waals surface area contributed by atoms with Gasteiger partial charge in [-0.2, -0.15) is 0 Å². The van der Waals surface area contributed by atoms with Crippen molar-refractivity contribution >= 4 is 23.8 Å². The minimum absolute atomic E-state index is 0. The van der Waals surface area contributed by atoms with E-state index in [-0.39, 0.29) is 95.3 Å². The number of amides is 1. The van der Waals surface area contributed by atoms with Gasteiger partial charge in [-0.05, 0) is 6.92 Å². The molecule has 0 aromatic heterocycles. The molecule has 104 heavy (non-hydrogen) atoms. The molecule has 44 nitrogen and oxygen atoms in total. The van der Waals surface area contributed by atoms with Crippen molar-refractivity contribution in [1.29, 1.82) is 0 Å². The van der Waals surface area contributed by atoms with Gasteiger partial charge in [0.15, 0.2) is 50.3 Å². The first-order valence-electron chi connectivity index (χ1n) is 31.6. The molecule has 0 saturated carbocycles. The molecule has 0 aromatic carbocycles. The second-order valence-electron chi connectivity index (χ2n) is 24.8. The number of aliphatic carboxylic acids is 3. The average molecular weight is 1550 g/mol. The molecule has 0 aliphatic carbocycles. The number of carbonyl (C=O) groups is 4. The van der Waals surface area contributed by atoms with E-state index in [0.29, 0.717) is 0 Å². The normalized spacial score (nSPS) is 46.5. The molecule has 0 aromatic rings. The Hall–Kier alpha value is -0.560. The monoisotopic (exact) mass is 1550 g/mol. The van der Waals surface area contributed by atoms with Crippen molar-refractivity contribution in [1.82, 2.24) is 5.32 Å². The molecule has 8 aliphatic rings. The van der Waals surface area contributed by atoms with Crippen LogP contribution in [-0.4, -0.2) is 408 Å². The Morgan fingerprint density at radius 3 is 0.808 bits per heavy atom. The van der Waals surface area contributed by atoms with Crippen LogP contribution in [0, 0.1) is 17.8 Å². The van der Waals surface area contributed by atoms with E-state index in [9.17, 15) is 137 Å². The van der Waals surface area contributed by atoms with Crippen LogP contribution in [0.25, 0.3) is 0 Å². The van der Waals surface area contributed by atoms with E-state index in [1.807, 2.05) is 0 Å². The first-order chi connectivity index (χ1) is 47.4. The summed E-state index contributed by atoms with van der Waals surface area (Å²) in [7, 11) is 5.31. The summed E-state index contributed by atoms with van der Waals surface area (Å²) in [5, 5.41) is 232. The Morgan fingerprint density at radius 1 is 0.327 bits per heavy atom. The number of rotatable bonds is 20. The molecular formula is C57H96NNa3O43. The maximum atomic E-state index is 11.5. The maximum absolute atomic E-state index is 11.5. The SMILES string of the molecule is COC1C(CO)OC(OC2C(C(=O)[O-])OC(O)C(O)C2O)C(C)C1O.COC1C(CO)OC(OC2C(C(=O)[O-])OC(O)C(O)C2O)C(C)C1O.COC1C(CO)OC(OC2C(C(=O)[O-])OC(O)C(O)C2O)C(NC(C)=O)C1O.COC1C(CO)OC(OC2C(C)OC(O)C(O)C2O)C(C)C1O.[Na+].[Na+].[Na+]. The quantitative estimate of drug-likeness (QED) is 0.0503. The maximum Gasteiger partial charge on any atom is 1.00 e. The Morgan fingerprint density at radius 2 is 0.558 bits per heavy atom. The van der Waals surface area contributed by atoms with E-state index in [1.54, 1.807) is 13.8 Å². The average Bonchev–Trinajstić information content (AvgIpc) is 0.793. The number of ether oxygens (including phenoxy) is 16. The van der Waals surface area contributed by atoms with Crippen LogP contribution < -0.4 is 109 Å². The van der Waals surface area contributed by atoms with Gasteiger partial charge in [0.2, 0.25) is 5.91 Å². The molecule has 40 unspecified atom stereocenters. The first-order valence-corrected chi connectivity index (χ1v) is 31.6. The fraction of sp³-hybridized carbons (Fsp3) is 0.930. The molecule has 8 heterocycles. The van der Waals surface area contributed by atoms with Crippen molar-refractivity contribution in [3.63, 3.8) is 0 Å². The molecule has 1 amide bonds. The summed E-state index contributed by atoms with van der Waals surface area (Å²) in [4.78, 5) is 45.2. The zero-order valence-corrected chi connectivity index (χ0v) is 64.8. The van der Waals surface area contributed by atoms with Gasteiger partial charge in [0.25, 0.3) is 0 Å². The third-order valence-electron chi connectivity index (χ3n) is 18.1. The molecule has 21 N–H and O–H groups in total. The number of carbonyl (C=O) groups excluding carboxylic acids is 4. The van der Waals surface area contributed by atoms with Gasteiger partial charge in [-0.3, -0.25) is 4.79 Å². The van der Waals surface area contributed by atoms with Crippen LogP contribution in [-0.2, 0) is 95.0 Å². The van der Waals surface area contributed by atoms with Crippen LogP contribution in [0.15, 0.2) is 0 Å². The van der Waals surface area contributed by atoms with E-state index in [1.165, 1.54) is 42.3 Å². The molecule has 8 rings (SSSR count). The topological polar surface area (TPSA) is 702 Å². The second-order valence-corrected chi connectivity index (χ2v) is 24.8. The summed E-state index contributed by atoms with van der Waals surface area (Å²) in [6.07, 6.45) is -50.7. The summed E-state index contributed by atoms with van der Waals surface area (Å²) in [6.45, 7) is 5.48. The number of aliphatic hydroxyl groups excluding tert-OH is 20. The van der Waals surface area contributed by atoms with Crippen LogP contribution in [0.4, 0.5) is 0 Å². The molecule has 590 valence electrons. The molecule has 0 radical (unpaired) electrons. The van der Waals surface area contributed by atoms with E-state index in [0.717, 1.165) is 6.92 Å². The van der Waals surface area contributed by atoms with Gasteiger partial charge in [0.05, 0.1) is 68.8 Å². The van der Waals surface area contributed by atoms with Gasteiger partial charge >= 0.3 is 88.7 Å². The van der Waals surface area contributed by atoms with Gasteiger partial charge in [-0.15, -0.1) is 0 Å². The van der Waals surface area contributed by atoms with Crippen molar-refractivity contribution in [2.75, 3.05) is 54.9 Å². The van der Waals surface area contributed by atoms with Crippen molar-refractivity contribution in [2.24, 2.45) is 17.8 Å². The molecule has 8 aliphatic heterocycles. The van der Waals surface area contributed by atoms with Gasteiger partial charge in [0.1, 0.15) is 153 Å². The Labute approximate surface area is 660 Å². The number of aliphatic hydroxyl groups is 20. The smallest absolute Gasteiger partial charge is 0.547 e. The van der Waals surface area contributed by atoms with Crippen LogP contribution in [0.2, 0.25) is 0 Å². The number of carboxylic acids is 3. The Bertz CT molecular complexity index is 2450. The fourth-order valence-electron chi connectivity index (χ4n) is 12.2. The molecule has 8 fully saturated rings. The van der Waals surface area contributed by atoms with Crippen LogP contribution >= 0.6 is 0 Å². The van der Waals surface area contributed by atoms with E-state index in [2.05, 4.69) is 5.32 Å². The first kappa shape index (κ1) is 99.5. The van der Waals surface area contributed by atoms with Gasteiger partial charge in [0, 0.05) is 53.1 Å². The largest absolute Gasteiger partial charge is 1.00 e.